The van der Waals surface area contributed by atoms with Gasteiger partial charge < -0.3 is 9.64 Å². The van der Waals surface area contributed by atoms with E-state index in [2.05, 4.69) is 4.72 Å². The predicted octanol–water partition coefficient (Wildman–Crippen LogP) is 3.74. The first kappa shape index (κ1) is 23.3. The molecule has 0 aromatic heterocycles. The molecule has 1 fully saturated rings. The highest BCUT2D eigenvalue weighted by molar-refractivity contribution is 7.89. The Balaban J connectivity index is 1.41. The zero-order chi connectivity index (χ0) is 22.4. The van der Waals surface area contributed by atoms with E-state index in [1.807, 2.05) is 43.9 Å². The molecule has 7 heteroatoms. The highest BCUT2D eigenvalue weighted by Gasteiger charge is 2.26. The van der Waals surface area contributed by atoms with Crippen molar-refractivity contribution in [2.75, 3.05) is 19.7 Å². The third-order valence-corrected chi connectivity index (χ3v) is 7.23. The van der Waals surface area contributed by atoms with Crippen LogP contribution in [0.15, 0.2) is 47.4 Å². The van der Waals surface area contributed by atoms with E-state index < -0.39 is 10.0 Å². The quantitative estimate of drug-likeness (QED) is 0.630. The minimum absolute atomic E-state index is 0.102. The number of hydrogen-bond donors (Lipinski definition) is 1. The van der Waals surface area contributed by atoms with Gasteiger partial charge in [-0.2, -0.15) is 0 Å². The molecule has 0 radical (unpaired) electrons. The van der Waals surface area contributed by atoms with E-state index in [4.69, 9.17) is 4.74 Å². The van der Waals surface area contributed by atoms with E-state index in [-0.39, 0.29) is 16.8 Å². The van der Waals surface area contributed by atoms with Gasteiger partial charge in [0, 0.05) is 25.6 Å². The zero-order valence-electron chi connectivity index (χ0n) is 18.6. The fourth-order valence-corrected chi connectivity index (χ4v) is 5.14. The Kier molecular flexibility index (Phi) is 7.73. The van der Waals surface area contributed by atoms with Crippen LogP contribution in [0.5, 0.6) is 5.75 Å². The second-order valence-corrected chi connectivity index (χ2v) is 9.98. The molecule has 0 saturated carbocycles. The van der Waals surface area contributed by atoms with Crippen LogP contribution in [0.3, 0.4) is 0 Å². The molecule has 0 aliphatic carbocycles. The van der Waals surface area contributed by atoms with Crippen LogP contribution in [-0.4, -0.2) is 45.0 Å². The number of piperidine rings is 1. The maximum atomic E-state index is 12.6. The Morgan fingerprint density at radius 1 is 1.03 bits per heavy atom. The molecule has 1 heterocycles. The molecule has 0 unspecified atom stereocenters. The molecule has 0 atom stereocenters. The van der Waals surface area contributed by atoms with Gasteiger partial charge in [0.15, 0.2) is 0 Å². The van der Waals surface area contributed by atoms with Crippen LogP contribution in [0.25, 0.3) is 0 Å². The van der Waals surface area contributed by atoms with Crippen molar-refractivity contribution >= 4 is 15.9 Å². The summed E-state index contributed by atoms with van der Waals surface area (Å²) in [5.74, 6) is 1.00. The molecule has 3 rings (SSSR count). The van der Waals surface area contributed by atoms with Crippen LogP contribution in [0, 0.1) is 20.8 Å². The average molecular weight is 445 g/mol. The van der Waals surface area contributed by atoms with Crippen molar-refractivity contribution in [3.63, 3.8) is 0 Å². The van der Waals surface area contributed by atoms with Gasteiger partial charge in [-0.25, -0.2) is 13.1 Å². The number of nitrogens with zero attached hydrogens (tertiary/aromatic N) is 1. The van der Waals surface area contributed by atoms with E-state index in [1.54, 1.807) is 24.3 Å². The average Bonchev–Trinajstić information content (AvgIpc) is 2.73. The molecule has 0 bridgehead atoms. The first-order valence-corrected chi connectivity index (χ1v) is 12.3. The maximum Gasteiger partial charge on any atom is 0.240 e. The second kappa shape index (κ2) is 10.3. The lowest BCUT2D eigenvalue weighted by Crippen LogP contribution is -2.46. The molecule has 2 aromatic carbocycles. The summed E-state index contributed by atoms with van der Waals surface area (Å²) in [6, 6.07) is 12.7. The molecule has 1 amide bonds. The highest BCUT2D eigenvalue weighted by Crippen LogP contribution is 2.22. The monoisotopic (exact) mass is 444 g/mol. The maximum absolute atomic E-state index is 12.6. The van der Waals surface area contributed by atoms with Crippen LogP contribution < -0.4 is 9.46 Å². The summed E-state index contributed by atoms with van der Waals surface area (Å²) in [7, 11) is -3.54. The van der Waals surface area contributed by atoms with E-state index in [0.717, 1.165) is 22.4 Å². The summed E-state index contributed by atoms with van der Waals surface area (Å²) in [6.07, 6.45) is 2.34. The van der Waals surface area contributed by atoms with Gasteiger partial charge in [0.25, 0.3) is 0 Å². The minimum Gasteiger partial charge on any atom is -0.493 e. The van der Waals surface area contributed by atoms with Gasteiger partial charge in [-0.15, -0.1) is 0 Å². The smallest absolute Gasteiger partial charge is 0.240 e. The second-order valence-electron chi connectivity index (χ2n) is 8.26. The Labute approximate surface area is 185 Å². The van der Waals surface area contributed by atoms with Crippen molar-refractivity contribution in [1.82, 2.24) is 9.62 Å². The zero-order valence-corrected chi connectivity index (χ0v) is 19.4. The van der Waals surface area contributed by atoms with Crippen molar-refractivity contribution in [3.8, 4) is 5.75 Å². The first-order valence-electron chi connectivity index (χ1n) is 10.8. The molecular formula is C24H32N2O4S. The molecule has 2 aromatic rings. The van der Waals surface area contributed by atoms with Gasteiger partial charge in [-0.05, 0) is 63.3 Å². The minimum atomic E-state index is -3.54. The first-order chi connectivity index (χ1) is 14.8. The normalized spacial score (nSPS) is 15.1. The molecule has 1 N–H and O–H groups in total. The molecule has 1 aliphatic rings. The summed E-state index contributed by atoms with van der Waals surface area (Å²) < 4.78 is 33.8. The van der Waals surface area contributed by atoms with Gasteiger partial charge in [0.05, 0.1) is 11.5 Å². The van der Waals surface area contributed by atoms with E-state index in [0.29, 0.717) is 45.4 Å². The Morgan fingerprint density at radius 3 is 2.26 bits per heavy atom. The van der Waals surface area contributed by atoms with Crippen LogP contribution >= 0.6 is 0 Å². The third-order valence-electron chi connectivity index (χ3n) is 5.69. The van der Waals surface area contributed by atoms with Crippen LogP contribution in [0.1, 0.15) is 42.4 Å². The number of carbonyl (C=O) groups is 1. The largest absolute Gasteiger partial charge is 0.493 e. The molecule has 1 saturated heterocycles. The molecular weight excluding hydrogens is 412 g/mol. The van der Waals surface area contributed by atoms with Crippen LogP contribution in [-0.2, 0) is 14.8 Å². The summed E-state index contributed by atoms with van der Waals surface area (Å²) in [5, 5.41) is 0. The van der Waals surface area contributed by atoms with E-state index in [9.17, 15) is 13.2 Å². The van der Waals surface area contributed by atoms with Crippen LogP contribution in [0.4, 0.5) is 0 Å². The van der Waals surface area contributed by atoms with Gasteiger partial charge in [0.1, 0.15) is 5.75 Å². The predicted molar refractivity (Wildman–Crippen MR) is 122 cm³/mol. The Hall–Kier alpha value is -2.38. The standard InChI is InChI=1S/C24H32N2O4S/c1-18-9-11-22(12-10-18)31(28,29)25-21-13-15-26(16-14-21)23(27)8-5-17-30-24-19(2)6-4-7-20(24)3/h4,6-7,9-12,21,25H,5,8,13-17H2,1-3H3. The van der Waals surface area contributed by atoms with Gasteiger partial charge >= 0.3 is 0 Å². The summed E-state index contributed by atoms with van der Waals surface area (Å²) in [5.41, 5.74) is 3.22. The number of sulfonamides is 1. The lowest BCUT2D eigenvalue weighted by atomic mass is 10.1. The number of para-hydroxylation sites is 1. The Morgan fingerprint density at radius 2 is 1.65 bits per heavy atom. The number of amides is 1. The lowest BCUT2D eigenvalue weighted by Gasteiger charge is -2.32. The Bertz CT molecular complexity index is 974. The van der Waals surface area contributed by atoms with Gasteiger partial charge in [-0.1, -0.05) is 35.9 Å². The fourth-order valence-electron chi connectivity index (χ4n) is 3.83. The molecule has 1 aliphatic heterocycles. The van der Waals surface area contributed by atoms with E-state index in [1.165, 1.54) is 0 Å². The summed E-state index contributed by atoms with van der Waals surface area (Å²) in [4.78, 5) is 14.6. The lowest BCUT2D eigenvalue weighted by molar-refractivity contribution is -0.132. The van der Waals surface area contributed by atoms with Crippen molar-refractivity contribution in [2.24, 2.45) is 0 Å². The summed E-state index contributed by atoms with van der Waals surface area (Å²) >= 11 is 0. The number of aryl methyl sites for hydroxylation is 3. The number of hydrogen-bond acceptors (Lipinski definition) is 4. The van der Waals surface area contributed by atoms with Gasteiger partial charge in [0.2, 0.25) is 15.9 Å². The number of rotatable bonds is 8. The topological polar surface area (TPSA) is 75.7 Å². The molecule has 168 valence electrons. The van der Waals surface area contributed by atoms with Crippen molar-refractivity contribution in [1.29, 1.82) is 0 Å². The number of nitrogens with one attached hydrogen (secondary N) is 1. The number of carbonyl (C=O) groups excluding carboxylic acids is 1. The van der Waals surface area contributed by atoms with Crippen molar-refractivity contribution in [3.05, 3.63) is 59.2 Å². The fraction of sp³-hybridized carbons (Fsp3) is 0.458. The number of benzene rings is 2. The van der Waals surface area contributed by atoms with Crippen LogP contribution in [0.2, 0.25) is 0 Å². The SMILES string of the molecule is Cc1ccc(S(=O)(=O)NC2CCN(C(=O)CCCOc3c(C)cccc3C)CC2)cc1. The molecule has 31 heavy (non-hydrogen) atoms. The van der Waals surface area contributed by atoms with E-state index >= 15 is 0 Å². The van der Waals surface area contributed by atoms with Crippen molar-refractivity contribution < 1.29 is 17.9 Å². The third kappa shape index (κ3) is 6.31. The molecule has 6 nitrogen and oxygen atoms in total. The molecule has 0 spiro atoms. The number of likely N-dealkylation sites (tertiary alicyclic amines) is 1. The van der Waals surface area contributed by atoms with Crippen molar-refractivity contribution in [2.45, 2.75) is 57.4 Å². The summed E-state index contributed by atoms with van der Waals surface area (Å²) in [6.45, 7) is 7.60. The van der Waals surface area contributed by atoms with Gasteiger partial charge in [-0.3, -0.25) is 4.79 Å². The number of ether oxygens (including phenoxy) is 1. The highest BCUT2D eigenvalue weighted by atomic mass is 32.2.